The molecule has 0 aromatic heterocycles. The predicted molar refractivity (Wildman–Crippen MR) is 133 cm³/mol. The minimum atomic E-state index is -0.626. The van der Waals surface area contributed by atoms with Gasteiger partial charge in [-0.25, -0.2) is 13.2 Å². The topological polar surface area (TPSA) is 49.4 Å². The van der Waals surface area contributed by atoms with Crippen LogP contribution in [0.25, 0.3) is 11.1 Å². The molecule has 3 aromatic rings. The van der Waals surface area contributed by atoms with Gasteiger partial charge >= 0.3 is 0 Å². The van der Waals surface area contributed by atoms with E-state index in [1.807, 2.05) is 24.0 Å². The monoisotopic (exact) mass is 494 g/mol. The maximum atomic E-state index is 14.2. The van der Waals surface area contributed by atoms with E-state index in [2.05, 4.69) is 5.32 Å². The van der Waals surface area contributed by atoms with Crippen LogP contribution in [0.4, 0.5) is 13.2 Å². The Morgan fingerprint density at radius 2 is 1.67 bits per heavy atom. The summed E-state index contributed by atoms with van der Waals surface area (Å²) in [4.78, 5) is 26.6. The molecule has 1 fully saturated rings. The maximum absolute atomic E-state index is 14.2. The van der Waals surface area contributed by atoms with Crippen molar-refractivity contribution in [2.24, 2.45) is 0 Å². The van der Waals surface area contributed by atoms with E-state index in [9.17, 15) is 22.8 Å². The zero-order valence-electron chi connectivity index (χ0n) is 20.4. The number of nitrogens with zero attached hydrogens (tertiary/aromatic N) is 1. The normalized spacial score (nSPS) is 18.7. The number of amides is 2. The van der Waals surface area contributed by atoms with Gasteiger partial charge in [0, 0.05) is 43.5 Å². The number of hydrogen-bond donors (Lipinski definition) is 1. The van der Waals surface area contributed by atoms with Gasteiger partial charge in [0.25, 0.3) is 0 Å². The van der Waals surface area contributed by atoms with Crippen LogP contribution >= 0.6 is 0 Å². The summed E-state index contributed by atoms with van der Waals surface area (Å²) >= 11 is 0. The number of rotatable bonds is 7. The number of carbonyl (C=O) groups is 2. The lowest BCUT2D eigenvalue weighted by Gasteiger charge is -2.44. The molecule has 0 radical (unpaired) electrons. The van der Waals surface area contributed by atoms with Gasteiger partial charge in [-0.05, 0) is 60.7 Å². The summed E-state index contributed by atoms with van der Waals surface area (Å²) in [5.74, 6) is -1.74. The number of hydrogen-bond acceptors (Lipinski definition) is 2. The summed E-state index contributed by atoms with van der Waals surface area (Å²) in [6, 6.07) is 16.8. The molecule has 0 aliphatic carbocycles. The van der Waals surface area contributed by atoms with Crippen molar-refractivity contribution >= 4 is 11.8 Å². The molecule has 188 valence electrons. The molecule has 36 heavy (non-hydrogen) atoms. The van der Waals surface area contributed by atoms with E-state index in [0.29, 0.717) is 37.1 Å². The third kappa shape index (κ3) is 5.45. The quantitative estimate of drug-likeness (QED) is 0.443. The molecule has 2 atom stereocenters. The van der Waals surface area contributed by atoms with E-state index in [-0.39, 0.29) is 30.1 Å². The molecule has 4 rings (SSSR count). The Morgan fingerprint density at radius 3 is 2.28 bits per heavy atom. The van der Waals surface area contributed by atoms with Crippen molar-refractivity contribution < 1.29 is 22.8 Å². The van der Waals surface area contributed by atoms with Crippen LogP contribution in [0.15, 0.2) is 66.7 Å². The number of benzene rings is 3. The summed E-state index contributed by atoms with van der Waals surface area (Å²) in [6.45, 7) is 4.34. The predicted octanol–water partition coefficient (Wildman–Crippen LogP) is 5.92. The molecule has 0 spiro atoms. The molecule has 1 heterocycles. The van der Waals surface area contributed by atoms with Crippen molar-refractivity contribution in [2.45, 2.75) is 44.6 Å². The molecule has 0 saturated carbocycles. The van der Waals surface area contributed by atoms with Crippen LogP contribution in [-0.2, 0) is 15.0 Å². The highest BCUT2D eigenvalue weighted by Crippen LogP contribution is 2.41. The standard InChI is InChI=1S/C29H29F3N2O2/c1-19(21-3-5-22(6-4-21)26-12-11-25(31)17-27(26)32)34-16-14-29(18-28(34)36,13-15-33-20(2)35)23-7-9-24(30)10-8-23/h3-12,17,19H,13-16,18H2,1-2H3,(H,33,35)/t19-,29?/m0/s1. The van der Waals surface area contributed by atoms with Crippen molar-refractivity contribution in [1.29, 1.82) is 0 Å². The average Bonchev–Trinajstić information content (AvgIpc) is 2.84. The van der Waals surface area contributed by atoms with Crippen molar-refractivity contribution in [1.82, 2.24) is 10.2 Å². The highest BCUT2D eigenvalue weighted by atomic mass is 19.1. The van der Waals surface area contributed by atoms with Crippen LogP contribution < -0.4 is 5.32 Å². The van der Waals surface area contributed by atoms with E-state index in [1.165, 1.54) is 31.2 Å². The Balaban J connectivity index is 1.51. The molecule has 1 saturated heterocycles. The van der Waals surface area contributed by atoms with Crippen LogP contribution in [0, 0.1) is 17.5 Å². The molecule has 1 aliphatic heterocycles. The minimum Gasteiger partial charge on any atom is -0.356 e. The van der Waals surface area contributed by atoms with Gasteiger partial charge in [-0.3, -0.25) is 9.59 Å². The van der Waals surface area contributed by atoms with Gasteiger partial charge in [-0.1, -0.05) is 36.4 Å². The number of carbonyl (C=O) groups excluding carboxylic acids is 2. The molecule has 3 aromatic carbocycles. The fraction of sp³-hybridized carbons (Fsp3) is 0.310. The molecule has 1 N–H and O–H groups in total. The van der Waals surface area contributed by atoms with Crippen molar-refractivity contribution in [3.63, 3.8) is 0 Å². The Morgan fingerprint density at radius 1 is 1.00 bits per heavy atom. The average molecular weight is 495 g/mol. The number of nitrogens with one attached hydrogen (secondary N) is 1. The Bertz CT molecular complexity index is 1240. The lowest BCUT2D eigenvalue weighted by molar-refractivity contribution is -0.138. The molecule has 4 nitrogen and oxygen atoms in total. The molecule has 0 bridgehead atoms. The second-order valence-corrected chi connectivity index (χ2v) is 9.46. The first-order chi connectivity index (χ1) is 17.2. The summed E-state index contributed by atoms with van der Waals surface area (Å²) in [6.07, 6.45) is 1.50. The molecule has 7 heteroatoms. The largest absolute Gasteiger partial charge is 0.356 e. The van der Waals surface area contributed by atoms with Crippen molar-refractivity contribution in [2.75, 3.05) is 13.1 Å². The third-order valence-electron chi connectivity index (χ3n) is 7.18. The number of halogens is 3. The SMILES string of the molecule is CC(=O)NCCC1(c2ccc(F)cc2)CCN([C@@H](C)c2ccc(-c3ccc(F)cc3F)cc2)C(=O)C1. The number of piperidine rings is 1. The molecular weight excluding hydrogens is 465 g/mol. The van der Waals surface area contributed by atoms with Gasteiger partial charge in [-0.2, -0.15) is 0 Å². The Labute approximate surface area is 209 Å². The fourth-order valence-electron chi connectivity index (χ4n) is 5.08. The Hall–Kier alpha value is -3.61. The van der Waals surface area contributed by atoms with E-state index in [4.69, 9.17) is 0 Å². The van der Waals surface area contributed by atoms with Crippen LogP contribution in [0.1, 0.15) is 50.3 Å². The van der Waals surface area contributed by atoms with Gasteiger partial charge in [0.1, 0.15) is 17.5 Å². The lowest BCUT2D eigenvalue weighted by Crippen LogP contribution is -2.48. The molecule has 2 amide bonds. The Kier molecular flexibility index (Phi) is 7.48. The van der Waals surface area contributed by atoms with Crippen molar-refractivity contribution in [3.05, 3.63) is 95.3 Å². The summed E-state index contributed by atoms with van der Waals surface area (Å²) < 4.78 is 41.0. The molecule has 1 unspecified atom stereocenters. The summed E-state index contributed by atoms with van der Waals surface area (Å²) in [7, 11) is 0. The zero-order valence-corrected chi connectivity index (χ0v) is 20.4. The highest BCUT2D eigenvalue weighted by Gasteiger charge is 2.41. The number of likely N-dealkylation sites (tertiary alicyclic amines) is 1. The van der Waals surface area contributed by atoms with Crippen LogP contribution in [-0.4, -0.2) is 29.8 Å². The van der Waals surface area contributed by atoms with Gasteiger partial charge in [0.15, 0.2) is 0 Å². The first-order valence-electron chi connectivity index (χ1n) is 12.0. The van der Waals surface area contributed by atoms with Crippen LogP contribution in [0.3, 0.4) is 0 Å². The highest BCUT2D eigenvalue weighted by molar-refractivity contribution is 5.79. The summed E-state index contributed by atoms with van der Waals surface area (Å²) in [5, 5.41) is 2.81. The van der Waals surface area contributed by atoms with E-state index in [0.717, 1.165) is 17.2 Å². The first kappa shape index (κ1) is 25.5. The van der Waals surface area contributed by atoms with E-state index >= 15 is 0 Å². The minimum absolute atomic E-state index is 0.0189. The smallest absolute Gasteiger partial charge is 0.223 e. The maximum Gasteiger partial charge on any atom is 0.223 e. The zero-order chi connectivity index (χ0) is 25.9. The summed E-state index contributed by atoms with van der Waals surface area (Å²) in [5.41, 5.74) is 2.24. The van der Waals surface area contributed by atoms with Crippen molar-refractivity contribution in [3.8, 4) is 11.1 Å². The molecular formula is C29H29F3N2O2. The van der Waals surface area contributed by atoms with Gasteiger partial charge < -0.3 is 10.2 Å². The second kappa shape index (κ2) is 10.6. The fourth-order valence-corrected chi connectivity index (χ4v) is 5.08. The first-order valence-corrected chi connectivity index (χ1v) is 12.0. The van der Waals surface area contributed by atoms with Gasteiger partial charge in [-0.15, -0.1) is 0 Å². The van der Waals surface area contributed by atoms with E-state index < -0.39 is 17.0 Å². The van der Waals surface area contributed by atoms with Gasteiger partial charge in [0.05, 0.1) is 6.04 Å². The van der Waals surface area contributed by atoms with Crippen LogP contribution in [0.2, 0.25) is 0 Å². The van der Waals surface area contributed by atoms with Gasteiger partial charge in [0.2, 0.25) is 11.8 Å². The van der Waals surface area contributed by atoms with E-state index in [1.54, 1.807) is 24.3 Å². The molecule has 1 aliphatic rings. The second-order valence-electron chi connectivity index (χ2n) is 9.46. The van der Waals surface area contributed by atoms with Crippen LogP contribution in [0.5, 0.6) is 0 Å². The lowest BCUT2D eigenvalue weighted by atomic mass is 9.70. The third-order valence-corrected chi connectivity index (χ3v) is 7.18.